The first kappa shape index (κ1) is 11.5. The molecule has 1 aromatic rings. The first-order chi connectivity index (χ1) is 5.20. The molecule has 0 heterocycles. The van der Waals surface area contributed by atoms with E-state index in [0.717, 1.165) is 5.30 Å². The van der Waals surface area contributed by atoms with E-state index >= 15 is 0 Å². The molecule has 0 aromatic heterocycles. The summed E-state index contributed by atoms with van der Waals surface area (Å²) in [7, 11) is 2.48. The van der Waals surface area contributed by atoms with Crippen molar-refractivity contribution >= 4 is 26.1 Å². The van der Waals surface area contributed by atoms with E-state index in [2.05, 4.69) is 28.4 Å². The summed E-state index contributed by atoms with van der Waals surface area (Å²) in [4.78, 5) is 0. The van der Waals surface area contributed by atoms with Crippen LogP contribution in [0.15, 0.2) is 24.3 Å². The molecule has 0 aliphatic heterocycles. The second-order valence-electron chi connectivity index (χ2n) is 1.64. The monoisotopic (exact) mass is 283 g/mol. The Morgan fingerprint density at radius 2 is 1.73 bits per heavy atom. The fourth-order valence-corrected chi connectivity index (χ4v) is 0.655. The van der Waals surface area contributed by atoms with Crippen molar-refractivity contribution in [2.45, 2.75) is 0 Å². The van der Waals surface area contributed by atoms with Crippen LogP contribution in [0.2, 0.25) is 0 Å². The topological polar surface area (TPSA) is 0 Å². The summed E-state index contributed by atoms with van der Waals surface area (Å²) in [6.45, 7) is 0. The summed E-state index contributed by atoms with van der Waals surface area (Å²) in [5.41, 5.74) is 0. The molecular formula is C7H8ClFPPd. The fraction of sp³-hybridized carbons (Fsp3) is 0.143. The maximum Gasteiger partial charge on any atom is 0.123 e. The van der Waals surface area contributed by atoms with E-state index in [0.29, 0.717) is 4.35 Å². The first-order valence-electron chi connectivity index (χ1n) is 2.79. The van der Waals surface area contributed by atoms with Gasteiger partial charge in [-0.15, -0.1) is 9.24 Å². The van der Waals surface area contributed by atoms with Gasteiger partial charge in [-0.1, -0.05) is 12.1 Å². The van der Waals surface area contributed by atoms with Gasteiger partial charge in [0, 0.05) is 0 Å². The van der Waals surface area contributed by atoms with Gasteiger partial charge in [0.2, 0.25) is 0 Å². The van der Waals surface area contributed by atoms with Gasteiger partial charge in [0.1, 0.15) is 5.82 Å². The zero-order valence-corrected chi connectivity index (χ0v) is 9.13. The molecule has 1 atom stereocenters. The largest absolute Gasteiger partial charge is 0.207 e. The zero-order chi connectivity index (χ0) is 8.69. The van der Waals surface area contributed by atoms with Gasteiger partial charge in [0.15, 0.2) is 0 Å². The molecule has 0 radical (unpaired) electrons. The van der Waals surface area contributed by atoms with Gasteiger partial charge in [-0.05, 0) is 17.4 Å². The Morgan fingerprint density at radius 3 is 2.00 bits per heavy atom. The molecule has 0 aliphatic carbocycles. The predicted molar refractivity (Wildman–Crippen MR) is 46.5 cm³/mol. The number of halogens is 2. The van der Waals surface area contributed by atoms with Crippen LogP contribution in [0.4, 0.5) is 4.39 Å². The Bertz CT molecular complexity index is 169. The molecule has 4 heteroatoms. The van der Waals surface area contributed by atoms with Crippen LogP contribution < -0.4 is 5.30 Å². The average molecular weight is 284 g/mol. The Balaban J connectivity index is 0.000000292. The van der Waals surface area contributed by atoms with Crippen molar-refractivity contribution in [3.63, 3.8) is 0 Å². The molecule has 11 heavy (non-hydrogen) atoms. The molecule has 0 aliphatic rings. The third-order valence-corrected chi connectivity index (χ3v) is 1.25. The summed E-state index contributed by atoms with van der Waals surface area (Å²) < 4.78 is 12.6. The number of alkyl halides is 1. The number of hydrogen-bond acceptors (Lipinski definition) is 0. The Kier molecular flexibility index (Phi) is 7.54. The third-order valence-electron chi connectivity index (χ3n) is 0.870. The molecule has 0 amide bonds. The van der Waals surface area contributed by atoms with Gasteiger partial charge in [0.05, 0.1) is 0 Å². The minimum Gasteiger partial charge on any atom is -0.207 e. The molecule has 0 fully saturated rings. The summed E-state index contributed by atoms with van der Waals surface area (Å²) in [6, 6.07) is 6.28. The molecule has 0 bridgehead atoms. The first-order valence-corrected chi connectivity index (χ1v) is 5.00. The van der Waals surface area contributed by atoms with Crippen molar-refractivity contribution < 1.29 is 23.6 Å². The van der Waals surface area contributed by atoms with Crippen LogP contribution in [0.25, 0.3) is 0 Å². The molecule has 0 spiro atoms. The molecule has 0 saturated heterocycles. The third kappa shape index (κ3) is 6.91. The van der Waals surface area contributed by atoms with Crippen molar-refractivity contribution in [1.29, 1.82) is 0 Å². The van der Waals surface area contributed by atoms with Gasteiger partial charge in [-0.2, -0.15) is 0 Å². The van der Waals surface area contributed by atoms with Gasteiger partial charge < -0.3 is 0 Å². The number of benzene rings is 1. The minimum atomic E-state index is -0.184. The van der Waals surface area contributed by atoms with E-state index in [-0.39, 0.29) is 5.82 Å². The summed E-state index contributed by atoms with van der Waals surface area (Å²) in [5.74, 6) is -0.184. The molecule has 1 aromatic carbocycles. The number of hydrogen-bond donors (Lipinski definition) is 0. The maximum atomic E-state index is 12.1. The molecule has 1 rings (SSSR count). The Labute approximate surface area is 84.1 Å². The second kappa shape index (κ2) is 7.20. The van der Waals surface area contributed by atoms with E-state index in [9.17, 15) is 4.39 Å². The van der Waals surface area contributed by atoms with Crippen molar-refractivity contribution in [3.8, 4) is 0 Å². The van der Waals surface area contributed by atoms with Gasteiger partial charge >= 0.3 is 35.2 Å². The molecule has 65 valence electrons. The molecular weight excluding hydrogens is 276 g/mol. The second-order valence-corrected chi connectivity index (χ2v) is 3.72. The quantitative estimate of drug-likeness (QED) is 0.388. The molecule has 0 N–H and O–H groups in total. The SMILES string of the molecule is Cl[CH2][Pd].Fc1ccc(P)cc1. The normalized spacial score (nSPS) is 8.45. The van der Waals surface area contributed by atoms with Crippen LogP contribution >= 0.6 is 20.8 Å². The van der Waals surface area contributed by atoms with Crippen LogP contribution in [0, 0.1) is 5.82 Å². The summed E-state index contributed by atoms with van der Waals surface area (Å²) in [6.07, 6.45) is 0. The predicted octanol–water partition coefficient (Wildman–Crippen LogP) is 2.06. The van der Waals surface area contributed by atoms with Crippen LogP contribution in [0.1, 0.15) is 0 Å². The van der Waals surface area contributed by atoms with Crippen molar-refractivity contribution in [1.82, 2.24) is 0 Å². The number of rotatable bonds is 0. The van der Waals surface area contributed by atoms with E-state index in [4.69, 9.17) is 11.6 Å². The van der Waals surface area contributed by atoms with E-state index in [1.165, 1.54) is 12.1 Å². The van der Waals surface area contributed by atoms with Gasteiger partial charge in [-0.25, -0.2) is 4.39 Å². The zero-order valence-electron chi connectivity index (χ0n) is 5.67. The van der Waals surface area contributed by atoms with Crippen LogP contribution in [-0.4, -0.2) is 4.35 Å². The minimum absolute atomic E-state index is 0.184. The standard InChI is InChI=1S/C6H6FP.CH2Cl.Pd/c7-5-1-3-6(8)4-2-5;1-2;/h1-4H,8H2;1H2;. The molecule has 0 saturated carbocycles. The van der Waals surface area contributed by atoms with E-state index < -0.39 is 0 Å². The van der Waals surface area contributed by atoms with Crippen molar-refractivity contribution in [2.75, 3.05) is 4.35 Å². The van der Waals surface area contributed by atoms with Crippen LogP contribution in [0.5, 0.6) is 0 Å². The van der Waals surface area contributed by atoms with E-state index in [1.54, 1.807) is 12.1 Å². The Hall–Kier alpha value is 0.532. The maximum absolute atomic E-state index is 12.1. The van der Waals surface area contributed by atoms with Gasteiger partial charge in [0.25, 0.3) is 0 Å². The van der Waals surface area contributed by atoms with E-state index in [1.807, 2.05) is 0 Å². The molecule has 0 nitrogen and oxygen atoms in total. The van der Waals surface area contributed by atoms with Crippen molar-refractivity contribution in [3.05, 3.63) is 30.1 Å². The van der Waals surface area contributed by atoms with Crippen molar-refractivity contribution in [2.24, 2.45) is 0 Å². The summed E-state index contributed by atoms with van der Waals surface area (Å²) in [5, 5.41) is 1.01. The van der Waals surface area contributed by atoms with Crippen LogP contribution in [0.3, 0.4) is 0 Å². The fourth-order valence-electron chi connectivity index (χ4n) is 0.463. The smallest absolute Gasteiger partial charge is 0.123 e. The molecule has 1 unspecified atom stereocenters. The van der Waals surface area contributed by atoms with Gasteiger partial charge in [-0.3, -0.25) is 0 Å². The summed E-state index contributed by atoms with van der Waals surface area (Å²) >= 11 is 7.64. The van der Waals surface area contributed by atoms with Crippen LogP contribution in [-0.2, 0) is 19.2 Å². The average Bonchev–Trinajstić information content (AvgIpc) is 1.97. The Morgan fingerprint density at radius 1 is 1.36 bits per heavy atom.